The number of amides is 1. The molecule has 1 amide bonds. The molecular formula is C20H18ClN3O2. The second kappa shape index (κ2) is 7.61. The highest BCUT2D eigenvalue weighted by Gasteiger charge is 2.21. The van der Waals surface area contributed by atoms with E-state index in [0.29, 0.717) is 29.6 Å². The number of para-hydroxylation sites is 1. The topological polar surface area (TPSA) is 49.7 Å². The summed E-state index contributed by atoms with van der Waals surface area (Å²) in [6.45, 7) is 9.82. The van der Waals surface area contributed by atoms with E-state index in [1.807, 2.05) is 19.1 Å². The highest BCUT2D eigenvalue weighted by molar-refractivity contribution is 6.35. The first kappa shape index (κ1) is 18.0. The van der Waals surface area contributed by atoms with E-state index in [9.17, 15) is 4.79 Å². The first-order valence-electron chi connectivity index (χ1n) is 8.11. The van der Waals surface area contributed by atoms with Crippen molar-refractivity contribution >= 4 is 39.8 Å². The summed E-state index contributed by atoms with van der Waals surface area (Å²) in [5, 5.41) is 1.45. The van der Waals surface area contributed by atoms with E-state index < -0.39 is 0 Å². The Morgan fingerprint density at radius 2 is 2.12 bits per heavy atom. The zero-order chi connectivity index (χ0) is 18.7. The average Bonchev–Trinajstić information content (AvgIpc) is 3.08. The number of halogens is 1. The number of carbonyl (C=O) groups is 1. The summed E-state index contributed by atoms with van der Waals surface area (Å²) in [7, 11) is 1.60. The van der Waals surface area contributed by atoms with Gasteiger partial charge in [-0.25, -0.2) is 4.85 Å². The van der Waals surface area contributed by atoms with Crippen LogP contribution in [-0.4, -0.2) is 31.2 Å². The number of hydrogen-bond acceptors (Lipinski definition) is 2. The first-order valence-corrected chi connectivity index (χ1v) is 8.49. The summed E-state index contributed by atoms with van der Waals surface area (Å²) in [5.74, 6) is -0.173. The molecule has 3 aromatic rings. The van der Waals surface area contributed by atoms with Crippen LogP contribution in [0.25, 0.3) is 15.7 Å². The molecule has 0 aliphatic carbocycles. The van der Waals surface area contributed by atoms with Gasteiger partial charge in [-0.2, -0.15) is 0 Å². The number of fused-ring (bicyclic) bond motifs is 1. The van der Waals surface area contributed by atoms with Crippen LogP contribution in [0.1, 0.15) is 16.1 Å². The Bertz CT molecular complexity index is 1000. The molecule has 1 N–H and O–H groups in total. The molecule has 0 radical (unpaired) electrons. The lowest BCUT2D eigenvalue weighted by molar-refractivity contribution is 0.0972. The molecule has 0 spiro atoms. The third-order valence-electron chi connectivity index (χ3n) is 4.20. The molecular weight excluding hydrogens is 350 g/mol. The van der Waals surface area contributed by atoms with Crippen LogP contribution >= 0.6 is 11.6 Å². The monoisotopic (exact) mass is 367 g/mol. The lowest BCUT2D eigenvalue weighted by atomic mass is 10.1. The number of methoxy groups -OCH3 is 1. The van der Waals surface area contributed by atoms with Crippen LogP contribution in [0.15, 0.2) is 42.5 Å². The number of aryl methyl sites for hydroxylation is 1. The predicted molar refractivity (Wildman–Crippen MR) is 104 cm³/mol. The molecule has 6 heteroatoms. The van der Waals surface area contributed by atoms with Crippen LogP contribution in [-0.2, 0) is 4.74 Å². The van der Waals surface area contributed by atoms with Crippen molar-refractivity contribution < 1.29 is 9.53 Å². The van der Waals surface area contributed by atoms with Gasteiger partial charge in [-0.3, -0.25) is 4.79 Å². The van der Waals surface area contributed by atoms with E-state index in [1.165, 1.54) is 0 Å². The Labute approximate surface area is 157 Å². The van der Waals surface area contributed by atoms with Gasteiger partial charge in [-0.05, 0) is 30.7 Å². The van der Waals surface area contributed by atoms with Gasteiger partial charge in [0.05, 0.1) is 23.7 Å². The van der Waals surface area contributed by atoms with E-state index in [1.54, 1.807) is 42.3 Å². The summed E-state index contributed by atoms with van der Waals surface area (Å²) in [6.07, 6.45) is 0. The van der Waals surface area contributed by atoms with Crippen LogP contribution in [0.4, 0.5) is 11.4 Å². The molecule has 132 valence electrons. The fourth-order valence-corrected chi connectivity index (χ4v) is 3.13. The molecule has 2 aromatic carbocycles. The molecule has 5 nitrogen and oxygen atoms in total. The number of nitrogens with one attached hydrogen (secondary N) is 1. The van der Waals surface area contributed by atoms with Crippen LogP contribution in [0.5, 0.6) is 0 Å². The van der Waals surface area contributed by atoms with Crippen molar-refractivity contribution in [3.63, 3.8) is 0 Å². The summed E-state index contributed by atoms with van der Waals surface area (Å²) in [5.41, 5.74) is 3.35. The average molecular weight is 368 g/mol. The van der Waals surface area contributed by atoms with Gasteiger partial charge in [-0.15, -0.1) is 0 Å². The number of benzene rings is 2. The van der Waals surface area contributed by atoms with Gasteiger partial charge in [0.1, 0.15) is 5.69 Å². The number of anilines is 1. The van der Waals surface area contributed by atoms with Crippen molar-refractivity contribution in [2.75, 3.05) is 25.2 Å². The van der Waals surface area contributed by atoms with Gasteiger partial charge in [0.2, 0.25) is 0 Å². The largest absolute Gasteiger partial charge is 0.383 e. The summed E-state index contributed by atoms with van der Waals surface area (Å²) in [4.78, 5) is 21.4. The van der Waals surface area contributed by atoms with Crippen LogP contribution < -0.4 is 4.90 Å². The minimum atomic E-state index is -0.173. The fraction of sp³-hybridized carbons (Fsp3) is 0.200. The molecule has 0 bridgehead atoms. The SMILES string of the molecule is [C-]#[N+]c1ccc(N(CCOC)C(=O)c2cc3cccc(Cl)c3[nH]2)c(C)c1. The van der Waals surface area contributed by atoms with Crippen molar-refractivity contribution in [1.29, 1.82) is 0 Å². The number of nitrogens with zero attached hydrogens (tertiary/aromatic N) is 2. The first-order chi connectivity index (χ1) is 12.5. The van der Waals surface area contributed by atoms with Crippen molar-refractivity contribution in [2.45, 2.75) is 6.92 Å². The molecule has 3 rings (SSSR count). The van der Waals surface area contributed by atoms with Gasteiger partial charge in [0, 0.05) is 24.7 Å². The number of rotatable bonds is 5. The number of ether oxygens (including phenoxy) is 1. The van der Waals surface area contributed by atoms with Gasteiger partial charge < -0.3 is 14.6 Å². The zero-order valence-corrected chi connectivity index (χ0v) is 15.3. The smallest absolute Gasteiger partial charge is 0.274 e. The van der Waals surface area contributed by atoms with Crippen molar-refractivity contribution in [2.24, 2.45) is 0 Å². The Morgan fingerprint density at radius 1 is 1.31 bits per heavy atom. The number of aromatic nitrogens is 1. The molecule has 1 heterocycles. The molecule has 0 aliphatic rings. The quantitative estimate of drug-likeness (QED) is 0.647. The van der Waals surface area contributed by atoms with E-state index >= 15 is 0 Å². The molecule has 1 aromatic heterocycles. The molecule has 0 unspecified atom stereocenters. The summed E-state index contributed by atoms with van der Waals surface area (Å²) >= 11 is 6.21. The fourth-order valence-electron chi connectivity index (χ4n) is 2.91. The van der Waals surface area contributed by atoms with E-state index in [2.05, 4.69) is 9.83 Å². The maximum atomic E-state index is 13.2. The van der Waals surface area contributed by atoms with Gasteiger partial charge in [0.25, 0.3) is 5.91 Å². The number of carbonyl (C=O) groups excluding carboxylic acids is 1. The second-order valence-corrected chi connectivity index (χ2v) is 6.33. The maximum Gasteiger partial charge on any atom is 0.274 e. The molecule has 26 heavy (non-hydrogen) atoms. The maximum absolute atomic E-state index is 13.2. The van der Waals surface area contributed by atoms with E-state index in [-0.39, 0.29) is 5.91 Å². The lowest BCUT2D eigenvalue weighted by Gasteiger charge is -2.24. The third kappa shape index (κ3) is 3.43. The second-order valence-electron chi connectivity index (χ2n) is 5.92. The van der Waals surface area contributed by atoms with E-state index in [4.69, 9.17) is 22.9 Å². The molecule has 0 aliphatic heterocycles. The number of hydrogen-bond donors (Lipinski definition) is 1. The Hall–Kier alpha value is -2.81. The Morgan fingerprint density at radius 3 is 2.77 bits per heavy atom. The van der Waals surface area contributed by atoms with Crippen LogP contribution in [0.3, 0.4) is 0 Å². The van der Waals surface area contributed by atoms with Crippen molar-refractivity contribution in [1.82, 2.24) is 4.98 Å². The normalized spacial score (nSPS) is 10.7. The lowest BCUT2D eigenvalue weighted by Crippen LogP contribution is -2.34. The predicted octanol–water partition coefficient (Wildman–Crippen LogP) is 4.97. The van der Waals surface area contributed by atoms with E-state index in [0.717, 1.165) is 22.2 Å². The zero-order valence-electron chi connectivity index (χ0n) is 14.5. The molecule has 0 atom stereocenters. The minimum absolute atomic E-state index is 0.173. The highest BCUT2D eigenvalue weighted by atomic mass is 35.5. The van der Waals surface area contributed by atoms with Gasteiger partial charge in [-0.1, -0.05) is 35.9 Å². The van der Waals surface area contributed by atoms with Crippen LogP contribution in [0, 0.1) is 13.5 Å². The van der Waals surface area contributed by atoms with Gasteiger partial charge >= 0.3 is 0 Å². The standard InChI is InChI=1S/C20H18ClN3O2/c1-13-11-15(22-2)7-8-18(13)24(9-10-26-3)20(25)17-12-14-5-4-6-16(21)19(14)23-17/h4-8,11-12,23H,9-10H2,1,3H3. The molecule has 0 fully saturated rings. The highest BCUT2D eigenvalue weighted by Crippen LogP contribution is 2.28. The number of aromatic amines is 1. The Kier molecular flexibility index (Phi) is 5.27. The minimum Gasteiger partial charge on any atom is -0.383 e. The van der Waals surface area contributed by atoms with Gasteiger partial charge in [0.15, 0.2) is 5.69 Å². The third-order valence-corrected chi connectivity index (χ3v) is 4.52. The molecule has 0 saturated heterocycles. The summed E-state index contributed by atoms with van der Waals surface area (Å²) < 4.78 is 5.17. The Balaban J connectivity index is 2.02. The number of H-pyrrole nitrogens is 1. The van der Waals surface area contributed by atoms with Crippen molar-refractivity contribution in [3.05, 3.63) is 70.2 Å². The van der Waals surface area contributed by atoms with Crippen LogP contribution in [0.2, 0.25) is 5.02 Å². The summed E-state index contributed by atoms with van der Waals surface area (Å²) in [6, 6.07) is 12.6. The molecule has 0 saturated carbocycles. The van der Waals surface area contributed by atoms with Crippen molar-refractivity contribution in [3.8, 4) is 0 Å².